The molecule has 1 aromatic heterocycles. The van der Waals surface area contributed by atoms with E-state index in [9.17, 15) is 16.8 Å². The fourth-order valence-electron chi connectivity index (χ4n) is 3.55. The standard InChI is InChI=1S/C20H21ClN4O5S2/c1-24-14-22-23-20(24)31(26,27)16-10-12-25(13-11-16)32(28,29)17-8-6-15(7-9-17)30-19-5-3-2-4-18(19)21/h2-9,14,16H,10-13H2,1H3. The molecule has 4 rings (SSSR count). The topological polar surface area (TPSA) is 111 Å². The summed E-state index contributed by atoms with van der Waals surface area (Å²) in [4.78, 5) is 0.110. The van der Waals surface area contributed by atoms with E-state index in [4.69, 9.17) is 16.3 Å². The minimum atomic E-state index is -3.77. The predicted molar refractivity (Wildman–Crippen MR) is 118 cm³/mol. The number of sulfonamides is 1. The fourth-order valence-corrected chi connectivity index (χ4v) is 6.93. The number of para-hydroxylation sites is 1. The number of nitrogens with zero attached hydrogens (tertiary/aromatic N) is 4. The van der Waals surface area contributed by atoms with Crippen molar-refractivity contribution in [3.05, 3.63) is 59.9 Å². The number of aryl methyl sites for hydroxylation is 1. The first-order chi connectivity index (χ1) is 15.2. The van der Waals surface area contributed by atoms with Crippen molar-refractivity contribution >= 4 is 31.5 Å². The van der Waals surface area contributed by atoms with Crippen LogP contribution >= 0.6 is 11.6 Å². The molecule has 0 aliphatic carbocycles. The smallest absolute Gasteiger partial charge is 0.249 e. The zero-order valence-corrected chi connectivity index (χ0v) is 19.5. The van der Waals surface area contributed by atoms with Crippen molar-refractivity contribution < 1.29 is 21.6 Å². The Kier molecular flexibility index (Phi) is 6.26. The van der Waals surface area contributed by atoms with Crippen LogP contribution in [0.1, 0.15) is 12.8 Å². The van der Waals surface area contributed by atoms with Gasteiger partial charge in [-0.1, -0.05) is 23.7 Å². The Morgan fingerprint density at radius 2 is 1.66 bits per heavy atom. The Bertz CT molecular complexity index is 1320. The Morgan fingerprint density at radius 1 is 1.00 bits per heavy atom. The van der Waals surface area contributed by atoms with E-state index >= 15 is 0 Å². The van der Waals surface area contributed by atoms with Crippen LogP contribution in [-0.2, 0) is 26.9 Å². The van der Waals surface area contributed by atoms with Crippen LogP contribution in [0.15, 0.2) is 64.9 Å². The number of piperidine rings is 1. The number of aromatic nitrogens is 3. The third kappa shape index (κ3) is 4.38. The molecule has 32 heavy (non-hydrogen) atoms. The summed E-state index contributed by atoms with van der Waals surface area (Å²) in [6.45, 7) is 0.198. The summed E-state index contributed by atoms with van der Waals surface area (Å²) in [7, 11) is -5.89. The molecule has 9 nitrogen and oxygen atoms in total. The molecule has 1 saturated heterocycles. The largest absolute Gasteiger partial charge is 0.456 e. The molecule has 1 fully saturated rings. The molecule has 170 valence electrons. The Morgan fingerprint density at radius 3 is 2.25 bits per heavy atom. The minimum absolute atomic E-state index is 0.0992. The summed E-state index contributed by atoms with van der Waals surface area (Å²) < 4.78 is 60.0. The van der Waals surface area contributed by atoms with Crippen LogP contribution in [-0.4, -0.2) is 54.2 Å². The van der Waals surface area contributed by atoms with Crippen molar-refractivity contribution in [2.45, 2.75) is 28.1 Å². The maximum Gasteiger partial charge on any atom is 0.249 e. The van der Waals surface area contributed by atoms with Crippen molar-refractivity contribution in [2.75, 3.05) is 13.1 Å². The van der Waals surface area contributed by atoms with E-state index in [2.05, 4.69) is 10.2 Å². The number of rotatable bonds is 6. The second-order valence-electron chi connectivity index (χ2n) is 7.38. The Balaban J connectivity index is 1.44. The van der Waals surface area contributed by atoms with Gasteiger partial charge in [0.2, 0.25) is 25.0 Å². The van der Waals surface area contributed by atoms with E-state index < -0.39 is 25.1 Å². The first kappa shape index (κ1) is 22.7. The molecule has 3 aromatic rings. The summed E-state index contributed by atoms with van der Waals surface area (Å²) >= 11 is 6.09. The van der Waals surface area contributed by atoms with Crippen molar-refractivity contribution in [3.63, 3.8) is 0 Å². The van der Waals surface area contributed by atoms with Gasteiger partial charge in [0.25, 0.3) is 0 Å². The van der Waals surface area contributed by atoms with Gasteiger partial charge in [0.15, 0.2) is 0 Å². The highest BCUT2D eigenvalue weighted by Crippen LogP contribution is 2.31. The molecular formula is C20H21ClN4O5S2. The first-order valence-electron chi connectivity index (χ1n) is 9.80. The van der Waals surface area contributed by atoms with Crippen LogP contribution < -0.4 is 4.74 Å². The number of sulfone groups is 1. The van der Waals surface area contributed by atoms with Crippen LogP contribution in [0, 0.1) is 0 Å². The lowest BCUT2D eigenvalue weighted by Crippen LogP contribution is -2.42. The number of halogens is 1. The van der Waals surface area contributed by atoms with Gasteiger partial charge in [0, 0.05) is 20.1 Å². The number of hydrogen-bond donors (Lipinski definition) is 0. The number of hydrogen-bond acceptors (Lipinski definition) is 7. The van der Waals surface area contributed by atoms with Gasteiger partial charge in [-0.05, 0) is 49.2 Å². The molecule has 0 atom stereocenters. The minimum Gasteiger partial charge on any atom is -0.456 e. The van der Waals surface area contributed by atoms with E-state index in [-0.39, 0.29) is 36.0 Å². The molecule has 2 heterocycles. The molecule has 0 radical (unpaired) electrons. The molecule has 0 saturated carbocycles. The third-order valence-corrected chi connectivity index (χ3v) is 9.74. The van der Waals surface area contributed by atoms with E-state index in [1.54, 1.807) is 43.4 Å². The average molecular weight is 497 g/mol. The molecule has 0 unspecified atom stereocenters. The fraction of sp³-hybridized carbons (Fsp3) is 0.300. The molecule has 12 heteroatoms. The second kappa shape index (κ2) is 8.81. The lowest BCUT2D eigenvalue weighted by molar-refractivity contribution is 0.344. The van der Waals surface area contributed by atoms with Crippen LogP contribution in [0.5, 0.6) is 11.5 Å². The van der Waals surface area contributed by atoms with Crippen LogP contribution in [0.3, 0.4) is 0 Å². The zero-order valence-electron chi connectivity index (χ0n) is 17.1. The zero-order chi connectivity index (χ0) is 22.9. The Hall–Kier alpha value is -2.47. The first-order valence-corrected chi connectivity index (χ1v) is 13.2. The molecule has 0 bridgehead atoms. The lowest BCUT2D eigenvalue weighted by atomic mass is 10.2. The summed E-state index contributed by atoms with van der Waals surface area (Å²) in [5, 5.41) is 6.96. The average Bonchev–Trinajstić information content (AvgIpc) is 3.23. The van der Waals surface area contributed by atoms with E-state index in [1.807, 2.05) is 0 Å². The van der Waals surface area contributed by atoms with Gasteiger partial charge < -0.3 is 9.30 Å². The summed E-state index contributed by atoms with van der Waals surface area (Å²) in [6, 6.07) is 13.0. The number of benzene rings is 2. The normalized spacial score (nSPS) is 16.2. The lowest BCUT2D eigenvalue weighted by Gasteiger charge is -2.30. The molecule has 0 N–H and O–H groups in total. The highest BCUT2D eigenvalue weighted by Gasteiger charge is 2.37. The molecular weight excluding hydrogens is 476 g/mol. The molecule has 0 spiro atoms. The van der Waals surface area contributed by atoms with Gasteiger partial charge in [0.1, 0.15) is 17.8 Å². The molecule has 0 amide bonds. The quantitative estimate of drug-likeness (QED) is 0.515. The van der Waals surface area contributed by atoms with Gasteiger partial charge in [-0.3, -0.25) is 0 Å². The van der Waals surface area contributed by atoms with Gasteiger partial charge in [0.05, 0.1) is 15.2 Å². The summed E-state index contributed by atoms with van der Waals surface area (Å²) in [5.41, 5.74) is 0. The van der Waals surface area contributed by atoms with Gasteiger partial charge >= 0.3 is 0 Å². The maximum atomic E-state index is 13.0. The Labute approximate surface area is 191 Å². The van der Waals surface area contributed by atoms with Crippen LogP contribution in [0.25, 0.3) is 0 Å². The second-order valence-corrected chi connectivity index (χ2v) is 11.8. The highest BCUT2D eigenvalue weighted by atomic mass is 35.5. The maximum absolute atomic E-state index is 13.0. The predicted octanol–water partition coefficient (Wildman–Crippen LogP) is 2.89. The summed E-state index contributed by atoms with van der Waals surface area (Å²) in [6.07, 6.45) is 1.69. The third-order valence-electron chi connectivity index (χ3n) is 5.29. The van der Waals surface area contributed by atoms with E-state index in [1.165, 1.54) is 27.3 Å². The van der Waals surface area contributed by atoms with Crippen LogP contribution in [0.4, 0.5) is 0 Å². The van der Waals surface area contributed by atoms with Gasteiger partial charge in [-0.15, -0.1) is 10.2 Å². The van der Waals surface area contributed by atoms with Gasteiger partial charge in [-0.2, -0.15) is 4.31 Å². The highest BCUT2D eigenvalue weighted by molar-refractivity contribution is 7.92. The monoisotopic (exact) mass is 496 g/mol. The van der Waals surface area contributed by atoms with E-state index in [0.29, 0.717) is 16.5 Å². The molecule has 1 aliphatic heterocycles. The van der Waals surface area contributed by atoms with Crippen molar-refractivity contribution in [1.29, 1.82) is 0 Å². The van der Waals surface area contributed by atoms with Crippen molar-refractivity contribution in [3.8, 4) is 11.5 Å². The van der Waals surface area contributed by atoms with E-state index in [0.717, 1.165) is 0 Å². The van der Waals surface area contributed by atoms with Crippen molar-refractivity contribution in [2.24, 2.45) is 7.05 Å². The SMILES string of the molecule is Cn1cnnc1S(=O)(=O)C1CCN(S(=O)(=O)c2ccc(Oc3ccccc3Cl)cc2)CC1. The molecule has 2 aromatic carbocycles. The molecule has 1 aliphatic rings. The number of ether oxygens (including phenoxy) is 1. The van der Waals surface area contributed by atoms with Crippen LogP contribution in [0.2, 0.25) is 5.02 Å². The van der Waals surface area contributed by atoms with Gasteiger partial charge in [-0.25, -0.2) is 16.8 Å². The summed E-state index contributed by atoms with van der Waals surface area (Å²) in [5.74, 6) is 0.918. The van der Waals surface area contributed by atoms with Crippen molar-refractivity contribution in [1.82, 2.24) is 19.1 Å².